The van der Waals surface area contributed by atoms with Crippen molar-refractivity contribution in [1.29, 1.82) is 0 Å². The second kappa shape index (κ2) is 11.0. The van der Waals surface area contributed by atoms with Crippen LogP contribution in [0, 0.1) is 31.6 Å². The summed E-state index contributed by atoms with van der Waals surface area (Å²) in [6.45, 7) is 11.5. The molecule has 2 unspecified atom stereocenters. The molecule has 6 nitrogen and oxygen atoms in total. The van der Waals surface area contributed by atoms with Gasteiger partial charge in [-0.05, 0) is 70.4 Å². The van der Waals surface area contributed by atoms with E-state index in [2.05, 4.69) is 32.4 Å². The number of hydrogen-bond acceptors (Lipinski definition) is 4. The van der Waals surface area contributed by atoms with Crippen LogP contribution in [-0.4, -0.2) is 49.1 Å². The fourth-order valence-corrected chi connectivity index (χ4v) is 4.82. The van der Waals surface area contributed by atoms with E-state index in [1.54, 1.807) is 0 Å². The fraction of sp³-hybridized carbons (Fsp3) is 0.826. The van der Waals surface area contributed by atoms with E-state index in [9.17, 15) is 0 Å². The molecular weight excluding hydrogens is 362 g/mol. The van der Waals surface area contributed by atoms with Crippen molar-refractivity contribution in [2.24, 2.45) is 22.7 Å². The average Bonchev–Trinajstić information content (AvgIpc) is 3.02. The highest BCUT2D eigenvalue weighted by molar-refractivity contribution is 5.79. The van der Waals surface area contributed by atoms with Gasteiger partial charge in [0, 0.05) is 20.1 Å². The van der Waals surface area contributed by atoms with Gasteiger partial charge in [0.15, 0.2) is 5.96 Å². The van der Waals surface area contributed by atoms with Gasteiger partial charge in [-0.25, -0.2) is 4.98 Å². The monoisotopic (exact) mass is 403 g/mol. The molecule has 1 saturated heterocycles. The number of piperidine rings is 1. The minimum Gasteiger partial charge on any atom is -0.444 e. The van der Waals surface area contributed by atoms with Crippen molar-refractivity contribution in [1.82, 2.24) is 20.5 Å². The maximum Gasteiger partial charge on any atom is 0.208 e. The highest BCUT2D eigenvalue weighted by Gasteiger charge is 2.21. The lowest BCUT2D eigenvalue weighted by molar-refractivity contribution is 0.164. The Labute approximate surface area is 176 Å². The van der Waals surface area contributed by atoms with Gasteiger partial charge in [0.1, 0.15) is 5.76 Å². The van der Waals surface area contributed by atoms with E-state index in [1.807, 2.05) is 20.9 Å². The number of hydrogen-bond donors (Lipinski definition) is 2. The molecule has 1 aromatic rings. The molecule has 0 radical (unpaired) electrons. The standard InChI is InChI=1S/C23H41N5O/c1-17-6-5-7-20(14-17)8-11-25-23(24-4)26-15-21-9-12-28(13-10-21)16-22-27-18(2)19(3)29-22/h17,20-21H,5-16H2,1-4H3,(H2,24,25,26). The molecule has 2 fully saturated rings. The third kappa shape index (κ3) is 7.02. The summed E-state index contributed by atoms with van der Waals surface area (Å²) in [5.41, 5.74) is 1.01. The summed E-state index contributed by atoms with van der Waals surface area (Å²) in [6.07, 6.45) is 9.33. The summed E-state index contributed by atoms with van der Waals surface area (Å²) < 4.78 is 5.74. The fourth-order valence-electron chi connectivity index (χ4n) is 4.82. The van der Waals surface area contributed by atoms with Crippen LogP contribution < -0.4 is 10.6 Å². The lowest BCUT2D eigenvalue weighted by Gasteiger charge is -2.31. The minimum absolute atomic E-state index is 0.706. The zero-order valence-electron chi connectivity index (χ0n) is 19.0. The molecule has 0 aromatic carbocycles. The van der Waals surface area contributed by atoms with E-state index >= 15 is 0 Å². The van der Waals surface area contributed by atoms with E-state index in [-0.39, 0.29) is 0 Å². The van der Waals surface area contributed by atoms with Crippen molar-refractivity contribution in [2.45, 2.75) is 72.3 Å². The quantitative estimate of drug-likeness (QED) is 0.534. The van der Waals surface area contributed by atoms with Crippen molar-refractivity contribution in [3.8, 4) is 0 Å². The van der Waals surface area contributed by atoms with Crippen molar-refractivity contribution >= 4 is 5.96 Å². The number of rotatable bonds is 7. The first-order chi connectivity index (χ1) is 14.0. The van der Waals surface area contributed by atoms with Crippen LogP contribution in [0.1, 0.15) is 69.2 Å². The van der Waals surface area contributed by atoms with E-state index < -0.39 is 0 Å². The molecule has 2 aliphatic rings. The molecule has 3 rings (SSSR count). The van der Waals surface area contributed by atoms with Crippen LogP contribution in [0.4, 0.5) is 0 Å². The summed E-state index contributed by atoms with van der Waals surface area (Å²) in [5.74, 6) is 5.27. The Morgan fingerprint density at radius 2 is 1.93 bits per heavy atom. The topological polar surface area (TPSA) is 65.7 Å². The average molecular weight is 404 g/mol. The molecule has 6 heteroatoms. The third-order valence-corrected chi connectivity index (χ3v) is 6.81. The van der Waals surface area contributed by atoms with Gasteiger partial charge in [0.05, 0.1) is 12.2 Å². The Morgan fingerprint density at radius 1 is 1.14 bits per heavy atom. The normalized spacial score (nSPS) is 24.6. The highest BCUT2D eigenvalue weighted by Crippen LogP contribution is 2.30. The lowest BCUT2D eigenvalue weighted by Crippen LogP contribution is -2.43. The Morgan fingerprint density at radius 3 is 2.59 bits per heavy atom. The second-order valence-electron chi connectivity index (χ2n) is 9.28. The molecule has 1 aromatic heterocycles. The van der Waals surface area contributed by atoms with Crippen LogP contribution in [0.15, 0.2) is 9.41 Å². The van der Waals surface area contributed by atoms with E-state index in [4.69, 9.17) is 4.42 Å². The zero-order chi connectivity index (χ0) is 20.6. The zero-order valence-corrected chi connectivity index (χ0v) is 19.0. The van der Waals surface area contributed by atoms with Gasteiger partial charge in [0.25, 0.3) is 0 Å². The van der Waals surface area contributed by atoms with E-state index in [0.717, 1.165) is 67.9 Å². The van der Waals surface area contributed by atoms with Crippen LogP contribution in [0.25, 0.3) is 0 Å². The van der Waals surface area contributed by atoms with Gasteiger partial charge in [-0.1, -0.05) is 26.2 Å². The molecule has 1 saturated carbocycles. The predicted octanol–water partition coefficient (Wildman–Crippen LogP) is 3.88. The molecule has 2 atom stereocenters. The van der Waals surface area contributed by atoms with Gasteiger partial charge in [-0.3, -0.25) is 9.89 Å². The predicted molar refractivity (Wildman–Crippen MR) is 119 cm³/mol. The van der Waals surface area contributed by atoms with Crippen molar-refractivity contribution < 1.29 is 4.42 Å². The van der Waals surface area contributed by atoms with Gasteiger partial charge in [-0.15, -0.1) is 0 Å². The SMILES string of the molecule is CN=C(NCCC1CCCC(C)C1)NCC1CCN(Cc2nc(C)c(C)o2)CC1. The largest absolute Gasteiger partial charge is 0.444 e. The summed E-state index contributed by atoms with van der Waals surface area (Å²) in [5, 5.41) is 7.08. The van der Waals surface area contributed by atoms with Crippen molar-refractivity contribution in [3.05, 3.63) is 17.3 Å². The van der Waals surface area contributed by atoms with Gasteiger partial charge < -0.3 is 15.1 Å². The Bertz CT molecular complexity index is 628. The Balaban J connectivity index is 1.30. The molecule has 2 N–H and O–H groups in total. The maximum atomic E-state index is 5.74. The summed E-state index contributed by atoms with van der Waals surface area (Å²) >= 11 is 0. The summed E-state index contributed by atoms with van der Waals surface area (Å²) in [4.78, 5) is 11.4. The molecule has 164 valence electrons. The number of likely N-dealkylation sites (tertiary alicyclic amines) is 1. The van der Waals surface area contributed by atoms with Crippen LogP contribution >= 0.6 is 0 Å². The van der Waals surface area contributed by atoms with Gasteiger partial charge >= 0.3 is 0 Å². The number of aliphatic imine (C=N–C) groups is 1. The molecule has 1 aliphatic carbocycles. The Kier molecular flexibility index (Phi) is 8.40. The van der Waals surface area contributed by atoms with Crippen molar-refractivity contribution in [2.75, 3.05) is 33.2 Å². The first-order valence-corrected chi connectivity index (χ1v) is 11.6. The lowest BCUT2D eigenvalue weighted by atomic mass is 9.81. The highest BCUT2D eigenvalue weighted by atomic mass is 16.4. The molecule has 0 spiro atoms. The number of oxazole rings is 1. The van der Waals surface area contributed by atoms with Crippen LogP contribution in [-0.2, 0) is 6.54 Å². The summed E-state index contributed by atoms with van der Waals surface area (Å²) in [6, 6.07) is 0. The van der Waals surface area contributed by atoms with Crippen LogP contribution in [0.2, 0.25) is 0 Å². The number of aromatic nitrogens is 1. The molecule has 0 amide bonds. The molecular formula is C23H41N5O. The molecule has 0 bridgehead atoms. The van der Waals surface area contributed by atoms with E-state index in [1.165, 1.54) is 44.9 Å². The minimum atomic E-state index is 0.706. The van der Waals surface area contributed by atoms with Gasteiger partial charge in [0.2, 0.25) is 5.89 Å². The Hall–Kier alpha value is -1.56. The first-order valence-electron chi connectivity index (χ1n) is 11.6. The molecule has 2 heterocycles. The smallest absolute Gasteiger partial charge is 0.208 e. The third-order valence-electron chi connectivity index (χ3n) is 6.81. The molecule has 1 aliphatic heterocycles. The first kappa shape index (κ1) is 22.1. The number of guanidine groups is 1. The second-order valence-corrected chi connectivity index (χ2v) is 9.28. The van der Waals surface area contributed by atoms with E-state index in [0.29, 0.717) is 5.92 Å². The number of nitrogens with zero attached hydrogens (tertiary/aromatic N) is 3. The maximum absolute atomic E-state index is 5.74. The van der Waals surface area contributed by atoms with Gasteiger partial charge in [-0.2, -0.15) is 0 Å². The number of nitrogens with one attached hydrogen (secondary N) is 2. The van der Waals surface area contributed by atoms with Crippen LogP contribution in [0.5, 0.6) is 0 Å². The summed E-state index contributed by atoms with van der Waals surface area (Å²) in [7, 11) is 1.88. The van der Waals surface area contributed by atoms with Crippen LogP contribution in [0.3, 0.4) is 0 Å². The molecule has 29 heavy (non-hydrogen) atoms. The number of aryl methyl sites for hydroxylation is 2. The van der Waals surface area contributed by atoms with Crippen molar-refractivity contribution in [3.63, 3.8) is 0 Å².